The fraction of sp³-hybridized carbons (Fsp3) is 0.714. The fourth-order valence-corrected chi connectivity index (χ4v) is 1.19. The molecule has 5 heteroatoms. The Morgan fingerprint density at radius 1 is 1.75 bits per heavy atom. The molecule has 5 nitrogen and oxygen atoms in total. The van der Waals surface area contributed by atoms with Crippen molar-refractivity contribution in [3.8, 4) is 0 Å². The van der Waals surface area contributed by atoms with Crippen molar-refractivity contribution in [1.82, 2.24) is 15.8 Å². The first kappa shape index (κ1) is 8.99. The van der Waals surface area contributed by atoms with E-state index in [1.807, 2.05) is 0 Å². The second kappa shape index (κ2) is 4.06. The lowest BCUT2D eigenvalue weighted by Crippen LogP contribution is -2.47. The number of carbonyl (C=O) groups excluding carboxylic acids is 2. The molecule has 68 valence electrons. The van der Waals surface area contributed by atoms with Crippen LogP contribution in [0.2, 0.25) is 0 Å². The number of hydrazine groups is 1. The molecule has 1 rings (SSSR count). The molecule has 2 amide bonds. The number of hydrogen-bond acceptors (Lipinski definition) is 3. The Kier molecular flexibility index (Phi) is 3.04. The van der Waals surface area contributed by atoms with Crippen LogP contribution in [0.5, 0.6) is 0 Å². The SMILES string of the molecule is CN(C=O)NC(=O)C1CCCN1. The Hall–Kier alpha value is -1.10. The summed E-state index contributed by atoms with van der Waals surface area (Å²) in [6.45, 7) is 0.878. The molecule has 0 spiro atoms. The average molecular weight is 171 g/mol. The highest BCUT2D eigenvalue weighted by Crippen LogP contribution is 2.04. The summed E-state index contributed by atoms with van der Waals surface area (Å²) >= 11 is 0. The van der Waals surface area contributed by atoms with E-state index in [1.54, 1.807) is 0 Å². The van der Waals surface area contributed by atoms with Crippen LogP contribution in [0.15, 0.2) is 0 Å². The first-order chi connectivity index (χ1) is 5.74. The van der Waals surface area contributed by atoms with Crippen LogP contribution in [-0.2, 0) is 9.59 Å². The zero-order valence-electron chi connectivity index (χ0n) is 7.04. The summed E-state index contributed by atoms with van der Waals surface area (Å²) in [5.74, 6) is -0.137. The van der Waals surface area contributed by atoms with Crippen molar-refractivity contribution in [1.29, 1.82) is 0 Å². The van der Waals surface area contributed by atoms with Gasteiger partial charge in [0.2, 0.25) is 6.41 Å². The summed E-state index contributed by atoms with van der Waals surface area (Å²) < 4.78 is 0. The number of amides is 2. The number of nitrogens with zero attached hydrogens (tertiary/aromatic N) is 1. The van der Waals surface area contributed by atoms with E-state index in [9.17, 15) is 9.59 Å². The first-order valence-corrected chi connectivity index (χ1v) is 3.96. The molecule has 1 atom stereocenters. The number of rotatable bonds is 3. The topological polar surface area (TPSA) is 61.4 Å². The van der Waals surface area contributed by atoms with Gasteiger partial charge in [-0.05, 0) is 19.4 Å². The summed E-state index contributed by atoms with van der Waals surface area (Å²) in [5, 5.41) is 4.14. The Balaban J connectivity index is 2.31. The van der Waals surface area contributed by atoms with Crippen LogP contribution in [0.1, 0.15) is 12.8 Å². The predicted octanol–water partition coefficient (Wildman–Crippen LogP) is -1.14. The molecule has 1 saturated heterocycles. The Labute approximate surface area is 71.1 Å². The molecule has 0 aromatic carbocycles. The molecule has 1 aliphatic rings. The molecule has 0 radical (unpaired) electrons. The zero-order valence-corrected chi connectivity index (χ0v) is 7.04. The van der Waals surface area contributed by atoms with Crippen LogP contribution in [0.3, 0.4) is 0 Å². The van der Waals surface area contributed by atoms with Gasteiger partial charge in [0.1, 0.15) is 0 Å². The standard InChI is InChI=1S/C7H13N3O2/c1-10(5-11)9-7(12)6-3-2-4-8-6/h5-6,8H,2-4H2,1H3,(H,9,12). The van der Waals surface area contributed by atoms with Gasteiger partial charge in [-0.25, -0.2) is 0 Å². The molecule has 0 aliphatic carbocycles. The molecule has 0 aromatic rings. The van der Waals surface area contributed by atoms with Gasteiger partial charge in [0, 0.05) is 7.05 Å². The van der Waals surface area contributed by atoms with Crippen molar-refractivity contribution < 1.29 is 9.59 Å². The molecule has 1 unspecified atom stereocenters. The molecule has 0 bridgehead atoms. The van der Waals surface area contributed by atoms with E-state index >= 15 is 0 Å². The van der Waals surface area contributed by atoms with E-state index in [-0.39, 0.29) is 11.9 Å². The number of hydrogen-bond donors (Lipinski definition) is 2. The Morgan fingerprint density at radius 3 is 3.00 bits per heavy atom. The lowest BCUT2D eigenvalue weighted by Gasteiger charge is -2.15. The van der Waals surface area contributed by atoms with Gasteiger partial charge in [-0.15, -0.1) is 0 Å². The summed E-state index contributed by atoms with van der Waals surface area (Å²) in [6, 6.07) is -0.132. The summed E-state index contributed by atoms with van der Waals surface area (Å²) in [6.07, 6.45) is 2.42. The average Bonchev–Trinajstić information content (AvgIpc) is 2.56. The fourth-order valence-electron chi connectivity index (χ4n) is 1.19. The second-order valence-electron chi connectivity index (χ2n) is 2.84. The minimum Gasteiger partial charge on any atom is -0.306 e. The molecule has 2 N–H and O–H groups in total. The molecule has 0 saturated carbocycles. The van der Waals surface area contributed by atoms with Gasteiger partial charge in [-0.1, -0.05) is 0 Å². The molecule has 1 aliphatic heterocycles. The normalized spacial score (nSPS) is 21.9. The third kappa shape index (κ3) is 2.20. The highest BCUT2D eigenvalue weighted by Gasteiger charge is 2.22. The van der Waals surface area contributed by atoms with Crippen molar-refractivity contribution in [3.63, 3.8) is 0 Å². The van der Waals surface area contributed by atoms with Gasteiger partial charge in [-0.2, -0.15) is 0 Å². The van der Waals surface area contributed by atoms with E-state index in [2.05, 4.69) is 10.7 Å². The molecular weight excluding hydrogens is 158 g/mol. The molecule has 0 aromatic heterocycles. The van der Waals surface area contributed by atoms with E-state index in [0.717, 1.165) is 24.4 Å². The van der Waals surface area contributed by atoms with Crippen LogP contribution >= 0.6 is 0 Å². The lowest BCUT2D eigenvalue weighted by atomic mass is 10.2. The van der Waals surface area contributed by atoms with Crippen LogP contribution in [0.4, 0.5) is 0 Å². The maximum absolute atomic E-state index is 11.2. The quantitative estimate of drug-likeness (QED) is 0.416. The maximum Gasteiger partial charge on any atom is 0.255 e. The van der Waals surface area contributed by atoms with Gasteiger partial charge in [0.25, 0.3) is 5.91 Å². The highest BCUT2D eigenvalue weighted by atomic mass is 16.2. The number of carbonyl (C=O) groups is 2. The van der Waals surface area contributed by atoms with E-state index in [0.29, 0.717) is 6.41 Å². The van der Waals surface area contributed by atoms with E-state index in [4.69, 9.17) is 0 Å². The van der Waals surface area contributed by atoms with Crippen LogP contribution in [0, 0.1) is 0 Å². The zero-order chi connectivity index (χ0) is 8.97. The van der Waals surface area contributed by atoms with Crippen molar-refractivity contribution in [2.24, 2.45) is 0 Å². The van der Waals surface area contributed by atoms with Gasteiger partial charge < -0.3 is 5.32 Å². The van der Waals surface area contributed by atoms with Gasteiger partial charge in [0.05, 0.1) is 6.04 Å². The Morgan fingerprint density at radius 2 is 2.50 bits per heavy atom. The number of nitrogens with one attached hydrogen (secondary N) is 2. The minimum absolute atomic E-state index is 0.132. The van der Waals surface area contributed by atoms with Crippen molar-refractivity contribution >= 4 is 12.3 Å². The third-order valence-corrected chi connectivity index (χ3v) is 1.82. The molecular formula is C7H13N3O2. The second-order valence-corrected chi connectivity index (χ2v) is 2.84. The molecule has 12 heavy (non-hydrogen) atoms. The maximum atomic E-state index is 11.2. The van der Waals surface area contributed by atoms with Crippen molar-refractivity contribution in [3.05, 3.63) is 0 Å². The molecule has 1 heterocycles. The van der Waals surface area contributed by atoms with Crippen LogP contribution < -0.4 is 10.7 Å². The van der Waals surface area contributed by atoms with Gasteiger partial charge in [0.15, 0.2) is 0 Å². The van der Waals surface area contributed by atoms with Gasteiger partial charge >= 0.3 is 0 Å². The van der Waals surface area contributed by atoms with E-state index < -0.39 is 0 Å². The smallest absolute Gasteiger partial charge is 0.255 e. The molecule has 1 fully saturated rings. The summed E-state index contributed by atoms with van der Waals surface area (Å²) in [4.78, 5) is 21.4. The van der Waals surface area contributed by atoms with E-state index in [1.165, 1.54) is 7.05 Å². The summed E-state index contributed by atoms with van der Waals surface area (Å²) in [7, 11) is 1.50. The largest absolute Gasteiger partial charge is 0.306 e. The Bertz CT molecular complexity index is 177. The monoisotopic (exact) mass is 171 g/mol. The van der Waals surface area contributed by atoms with Gasteiger partial charge in [-0.3, -0.25) is 20.0 Å². The van der Waals surface area contributed by atoms with Crippen LogP contribution in [-0.4, -0.2) is 37.0 Å². The third-order valence-electron chi connectivity index (χ3n) is 1.82. The highest BCUT2D eigenvalue weighted by molar-refractivity contribution is 5.82. The lowest BCUT2D eigenvalue weighted by molar-refractivity contribution is -0.133. The first-order valence-electron chi connectivity index (χ1n) is 3.96. The van der Waals surface area contributed by atoms with Crippen molar-refractivity contribution in [2.45, 2.75) is 18.9 Å². The van der Waals surface area contributed by atoms with Crippen molar-refractivity contribution in [2.75, 3.05) is 13.6 Å². The predicted molar refractivity (Wildman–Crippen MR) is 43.0 cm³/mol. The van der Waals surface area contributed by atoms with Crippen LogP contribution in [0.25, 0.3) is 0 Å². The minimum atomic E-state index is -0.137. The summed E-state index contributed by atoms with van der Waals surface area (Å²) in [5.41, 5.74) is 2.44.